The molecule has 0 aromatic heterocycles. The number of nitrogens with one attached hydrogen (secondary N) is 1. The van der Waals surface area contributed by atoms with Gasteiger partial charge in [0, 0.05) is 32.2 Å². The molecule has 1 N–H and O–H groups in total. The van der Waals surface area contributed by atoms with Crippen LogP contribution in [0.2, 0.25) is 0 Å². The van der Waals surface area contributed by atoms with E-state index in [0.29, 0.717) is 24.9 Å². The number of rotatable bonds is 4. The van der Waals surface area contributed by atoms with Crippen LogP contribution in [-0.4, -0.2) is 66.1 Å². The standard InChI is InChI=1S/C18H30F3N3O2/c1-12-5-4-6-15(13(12)2)22-17(26)14(3)23-7-9-24(10-8-23)16(25)11-18(19,20)21/h12-15H,4-11H2,1-3H3,(H,22,26). The van der Waals surface area contributed by atoms with Crippen molar-refractivity contribution in [3.63, 3.8) is 0 Å². The molecule has 2 rings (SSSR count). The van der Waals surface area contributed by atoms with Gasteiger partial charge in [0.1, 0.15) is 6.42 Å². The van der Waals surface area contributed by atoms with Crippen LogP contribution in [0.1, 0.15) is 46.5 Å². The average Bonchev–Trinajstić information content (AvgIpc) is 2.57. The lowest BCUT2D eigenvalue weighted by Crippen LogP contribution is -2.57. The predicted octanol–water partition coefficient (Wildman–Crippen LogP) is 2.41. The van der Waals surface area contributed by atoms with Crippen LogP contribution >= 0.6 is 0 Å². The fourth-order valence-corrected chi connectivity index (χ4v) is 3.90. The van der Waals surface area contributed by atoms with Crippen LogP contribution in [-0.2, 0) is 9.59 Å². The van der Waals surface area contributed by atoms with Gasteiger partial charge in [-0.2, -0.15) is 13.2 Å². The van der Waals surface area contributed by atoms with Crippen molar-refractivity contribution < 1.29 is 22.8 Å². The number of halogens is 3. The fourth-order valence-electron chi connectivity index (χ4n) is 3.90. The van der Waals surface area contributed by atoms with Gasteiger partial charge in [-0.1, -0.05) is 26.7 Å². The Morgan fingerprint density at radius 3 is 2.31 bits per heavy atom. The number of piperazine rings is 1. The van der Waals surface area contributed by atoms with Crippen molar-refractivity contribution in [1.82, 2.24) is 15.1 Å². The molecule has 150 valence electrons. The molecular weight excluding hydrogens is 347 g/mol. The molecule has 1 aliphatic carbocycles. The molecule has 1 aliphatic heterocycles. The Labute approximate surface area is 153 Å². The smallest absolute Gasteiger partial charge is 0.352 e. The van der Waals surface area contributed by atoms with Crippen LogP contribution in [0.4, 0.5) is 13.2 Å². The molecule has 2 amide bonds. The van der Waals surface area contributed by atoms with Gasteiger partial charge in [-0.15, -0.1) is 0 Å². The van der Waals surface area contributed by atoms with Crippen molar-refractivity contribution in [2.45, 2.75) is 64.7 Å². The van der Waals surface area contributed by atoms with E-state index in [0.717, 1.165) is 12.8 Å². The number of carbonyl (C=O) groups excluding carboxylic acids is 2. The molecule has 4 atom stereocenters. The summed E-state index contributed by atoms with van der Waals surface area (Å²) < 4.78 is 37.0. The Bertz CT molecular complexity index is 504. The predicted molar refractivity (Wildman–Crippen MR) is 92.4 cm³/mol. The Balaban J connectivity index is 1.81. The Morgan fingerprint density at radius 2 is 1.73 bits per heavy atom. The minimum Gasteiger partial charge on any atom is -0.352 e. The van der Waals surface area contributed by atoms with E-state index >= 15 is 0 Å². The van der Waals surface area contributed by atoms with Crippen molar-refractivity contribution in [2.75, 3.05) is 26.2 Å². The summed E-state index contributed by atoms with van der Waals surface area (Å²) in [7, 11) is 0. The zero-order valence-corrected chi connectivity index (χ0v) is 15.8. The lowest BCUT2D eigenvalue weighted by Gasteiger charge is -2.39. The van der Waals surface area contributed by atoms with Gasteiger partial charge in [-0.3, -0.25) is 14.5 Å². The van der Waals surface area contributed by atoms with Crippen molar-refractivity contribution in [1.29, 1.82) is 0 Å². The summed E-state index contributed by atoms with van der Waals surface area (Å²) in [6, 6.07) is -0.164. The van der Waals surface area contributed by atoms with Gasteiger partial charge in [0.05, 0.1) is 6.04 Å². The van der Waals surface area contributed by atoms with Crippen LogP contribution in [0.5, 0.6) is 0 Å². The SMILES string of the molecule is CC1CCCC(NC(=O)C(C)N2CCN(C(=O)CC(F)(F)F)CC2)C1C. The molecule has 0 spiro atoms. The third-order valence-corrected chi connectivity index (χ3v) is 5.98. The Morgan fingerprint density at radius 1 is 1.12 bits per heavy atom. The molecule has 0 aromatic carbocycles. The maximum atomic E-state index is 12.6. The molecule has 0 aromatic rings. The molecule has 4 unspecified atom stereocenters. The highest BCUT2D eigenvalue weighted by molar-refractivity contribution is 5.81. The van der Waals surface area contributed by atoms with Gasteiger partial charge in [-0.25, -0.2) is 0 Å². The molecule has 5 nitrogen and oxygen atoms in total. The summed E-state index contributed by atoms with van der Waals surface area (Å²) in [6.45, 7) is 7.48. The van der Waals surface area contributed by atoms with Gasteiger partial charge in [0.2, 0.25) is 11.8 Å². The van der Waals surface area contributed by atoms with Gasteiger partial charge in [-0.05, 0) is 25.2 Å². The van der Waals surface area contributed by atoms with Crippen LogP contribution in [0.25, 0.3) is 0 Å². The minimum atomic E-state index is -4.48. The molecule has 26 heavy (non-hydrogen) atoms. The van der Waals surface area contributed by atoms with E-state index in [2.05, 4.69) is 19.2 Å². The third-order valence-electron chi connectivity index (χ3n) is 5.98. The highest BCUT2D eigenvalue weighted by Crippen LogP contribution is 2.29. The lowest BCUT2D eigenvalue weighted by molar-refractivity contribution is -0.162. The summed E-state index contributed by atoms with van der Waals surface area (Å²) in [5.41, 5.74) is 0. The largest absolute Gasteiger partial charge is 0.397 e. The molecule has 1 heterocycles. The normalized spacial score (nSPS) is 29.3. The summed E-state index contributed by atoms with van der Waals surface area (Å²) in [6.07, 6.45) is -2.60. The number of amides is 2. The second-order valence-corrected chi connectivity index (χ2v) is 7.77. The first-order valence-electron chi connectivity index (χ1n) is 9.47. The highest BCUT2D eigenvalue weighted by atomic mass is 19.4. The number of carbonyl (C=O) groups is 2. The van der Waals surface area contributed by atoms with E-state index in [4.69, 9.17) is 0 Å². The first-order valence-corrected chi connectivity index (χ1v) is 9.47. The van der Waals surface area contributed by atoms with Crippen LogP contribution in [0.15, 0.2) is 0 Å². The van der Waals surface area contributed by atoms with Crippen LogP contribution in [0.3, 0.4) is 0 Å². The molecule has 2 fully saturated rings. The van der Waals surface area contributed by atoms with E-state index in [9.17, 15) is 22.8 Å². The lowest BCUT2D eigenvalue weighted by atomic mass is 9.78. The first-order chi connectivity index (χ1) is 12.1. The van der Waals surface area contributed by atoms with E-state index in [1.807, 2.05) is 11.8 Å². The first kappa shape index (κ1) is 21.0. The molecule has 0 bridgehead atoms. The molecule has 1 saturated carbocycles. The van der Waals surface area contributed by atoms with E-state index in [-0.39, 0.29) is 31.1 Å². The fraction of sp³-hybridized carbons (Fsp3) is 0.889. The maximum absolute atomic E-state index is 12.6. The summed E-state index contributed by atoms with van der Waals surface area (Å²) in [5.74, 6) is 0.106. The summed E-state index contributed by atoms with van der Waals surface area (Å²) >= 11 is 0. The number of nitrogens with zero attached hydrogens (tertiary/aromatic N) is 2. The monoisotopic (exact) mass is 377 g/mol. The zero-order valence-electron chi connectivity index (χ0n) is 15.8. The molecular formula is C18H30F3N3O2. The van der Waals surface area contributed by atoms with Gasteiger partial charge in [0.25, 0.3) is 0 Å². The third kappa shape index (κ3) is 5.59. The minimum absolute atomic E-state index is 0.0361. The van der Waals surface area contributed by atoms with E-state index in [1.165, 1.54) is 11.3 Å². The maximum Gasteiger partial charge on any atom is 0.397 e. The van der Waals surface area contributed by atoms with Gasteiger partial charge < -0.3 is 10.2 Å². The van der Waals surface area contributed by atoms with Gasteiger partial charge >= 0.3 is 6.18 Å². The topological polar surface area (TPSA) is 52.7 Å². The number of hydrogen-bond donors (Lipinski definition) is 1. The molecule has 0 radical (unpaired) electrons. The zero-order chi connectivity index (χ0) is 19.5. The highest BCUT2D eigenvalue weighted by Gasteiger charge is 2.36. The van der Waals surface area contributed by atoms with Gasteiger partial charge in [0.15, 0.2) is 0 Å². The van der Waals surface area contributed by atoms with Crippen LogP contribution in [0, 0.1) is 11.8 Å². The van der Waals surface area contributed by atoms with Crippen molar-refractivity contribution in [3.05, 3.63) is 0 Å². The number of hydrogen-bond acceptors (Lipinski definition) is 3. The summed E-state index contributed by atoms with van der Waals surface area (Å²) in [5, 5.41) is 3.15. The Hall–Kier alpha value is -1.31. The second kappa shape index (κ2) is 8.59. The molecule has 2 aliphatic rings. The van der Waals surface area contributed by atoms with E-state index in [1.54, 1.807) is 0 Å². The summed E-state index contributed by atoms with van der Waals surface area (Å²) in [4.78, 5) is 27.4. The van der Waals surface area contributed by atoms with Crippen LogP contribution < -0.4 is 5.32 Å². The van der Waals surface area contributed by atoms with E-state index < -0.39 is 18.5 Å². The van der Waals surface area contributed by atoms with Crippen molar-refractivity contribution in [2.24, 2.45) is 11.8 Å². The quantitative estimate of drug-likeness (QED) is 0.819. The second-order valence-electron chi connectivity index (χ2n) is 7.77. The molecule has 1 saturated heterocycles. The molecule has 8 heteroatoms. The van der Waals surface area contributed by atoms with Crippen molar-refractivity contribution >= 4 is 11.8 Å². The van der Waals surface area contributed by atoms with Crippen molar-refractivity contribution in [3.8, 4) is 0 Å². The number of alkyl halides is 3. The average molecular weight is 377 g/mol. The Kier molecular flexibility index (Phi) is 6.93.